The minimum atomic E-state index is -1.09. The summed E-state index contributed by atoms with van der Waals surface area (Å²) in [4.78, 5) is 61.9. The molecule has 0 radical (unpaired) electrons. The number of amides is 2. The molecule has 9 heteroatoms. The van der Waals surface area contributed by atoms with Crippen molar-refractivity contribution < 1.29 is 28.7 Å². The monoisotopic (exact) mass is 402 g/mol. The average molecular weight is 403 g/mol. The minimum absolute atomic E-state index is 0.114. The van der Waals surface area contributed by atoms with Crippen LogP contribution in [0.2, 0.25) is 0 Å². The number of thioether (sulfide) groups is 1. The molecule has 0 spiro atoms. The molecule has 0 aliphatic carbocycles. The van der Waals surface area contributed by atoms with Crippen molar-refractivity contribution in [3.05, 3.63) is 0 Å². The first-order valence-electron chi connectivity index (χ1n) is 9.03. The highest BCUT2D eigenvalue weighted by Crippen LogP contribution is 2.31. The lowest BCUT2D eigenvalue weighted by atomic mass is 10.0. The van der Waals surface area contributed by atoms with Crippen LogP contribution in [0.15, 0.2) is 0 Å². The molecule has 1 atom stereocenters. The van der Waals surface area contributed by atoms with E-state index in [1.54, 1.807) is 32.6 Å². The van der Waals surface area contributed by atoms with Crippen LogP contribution in [0.4, 0.5) is 0 Å². The number of ketones is 1. The fraction of sp³-hybridized carbons (Fsp3) is 0.722. The summed E-state index contributed by atoms with van der Waals surface area (Å²) < 4.78 is 3.58. The molecule has 8 nitrogen and oxygen atoms in total. The fourth-order valence-electron chi connectivity index (χ4n) is 2.28. The van der Waals surface area contributed by atoms with Crippen LogP contribution < -0.4 is 5.32 Å². The van der Waals surface area contributed by atoms with Gasteiger partial charge in [0.05, 0.1) is 6.61 Å². The van der Waals surface area contributed by atoms with Crippen molar-refractivity contribution in [2.45, 2.75) is 65.2 Å². The van der Waals surface area contributed by atoms with Gasteiger partial charge in [-0.15, -0.1) is 0 Å². The van der Waals surface area contributed by atoms with E-state index in [1.807, 2.05) is 13.8 Å². The lowest BCUT2D eigenvalue weighted by molar-refractivity contribution is -0.147. The quantitative estimate of drug-likeness (QED) is 0.315. The predicted molar refractivity (Wildman–Crippen MR) is 103 cm³/mol. The summed E-state index contributed by atoms with van der Waals surface area (Å²) in [7, 11) is 0. The Hall–Kier alpha value is -1.90. The van der Waals surface area contributed by atoms with Crippen LogP contribution in [0.25, 0.3) is 0 Å². The minimum Gasteiger partial charge on any atom is -0.466 e. The first kappa shape index (κ1) is 25.1. The van der Waals surface area contributed by atoms with Gasteiger partial charge >= 0.3 is 5.97 Å². The van der Waals surface area contributed by atoms with E-state index in [0.717, 1.165) is 0 Å². The smallest absolute Gasteiger partial charge is 0.313 e. The van der Waals surface area contributed by atoms with E-state index in [4.69, 9.17) is 0 Å². The molecule has 27 heavy (non-hydrogen) atoms. The second kappa shape index (κ2) is 11.7. The number of nitrogens with zero attached hydrogens (tertiary/aromatic N) is 1. The van der Waals surface area contributed by atoms with Gasteiger partial charge in [-0.05, 0) is 34.6 Å². The third kappa shape index (κ3) is 8.11. The molecular weight excluding hydrogens is 372 g/mol. The van der Waals surface area contributed by atoms with E-state index in [-0.39, 0.29) is 24.8 Å². The highest BCUT2D eigenvalue weighted by Gasteiger charge is 2.41. The van der Waals surface area contributed by atoms with Gasteiger partial charge in [0.2, 0.25) is 17.6 Å². The van der Waals surface area contributed by atoms with Gasteiger partial charge in [-0.2, -0.15) is 0 Å². The molecule has 0 aliphatic heterocycles. The van der Waals surface area contributed by atoms with Gasteiger partial charge < -0.3 is 15.0 Å². The van der Waals surface area contributed by atoms with Crippen LogP contribution in [0, 0.1) is 0 Å². The van der Waals surface area contributed by atoms with Gasteiger partial charge in [0.25, 0.3) is 5.12 Å². The zero-order valence-corrected chi connectivity index (χ0v) is 17.7. The summed E-state index contributed by atoms with van der Waals surface area (Å²) in [5.74, 6) is -2.34. The van der Waals surface area contributed by atoms with E-state index < -0.39 is 34.1 Å². The fourth-order valence-corrected chi connectivity index (χ4v) is 3.23. The average Bonchev–Trinajstić information content (AvgIpc) is 2.59. The molecule has 0 aliphatic rings. The lowest BCUT2D eigenvalue weighted by Crippen LogP contribution is -2.57. The Bertz CT molecular complexity index is 572. The molecule has 0 rings (SSSR count). The Labute approximate surface area is 164 Å². The number of ether oxygens (including phenoxy) is 1. The maximum Gasteiger partial charge on any atom is 0.313 e. The zero-order chi connectivity index (χ0) is 21.2. The molecule has 0 bridgehead atoms. The maximum atomic E-state index is 12.8. The van der Waals surface area contributed by atoms with Gasteiger partial charge in [0.15, 0.2) is 0 Å². The Morgan fingerprint density at radius 1 is 1.04 bits per heavy atom. The van der Waals surface area contributed by atoms with E-state index in [9.17, 15) is 24.0 Å². The molecule has 0 saturated heterocycles. The summed E-state index contributed by atoms with van der Waals surface area (Å²) in [6, 6.07) is -0.991. The number of hydrogen-bond donors (Lipinski definition) is 1. The number of esters is 1. The molecule has 1 N–H and O–H groups in total. The molecule has 0 aromatic carbocycles. The van der Waals surface area contributed by atoms with Crippen LogP contribution in [-0.2, 0) is 28.7 Å². The Kier molecular flexibility index (Phi) is 10.9. The zero-order valence-electron chi connectivity index (χ0n) is 16.9. The number of carbonyl (C=O) groups is 5. The summed E-state index contributed by atoms with van der Waals surface area (Å²) >= 11 is 0.639. The largest absolute Gasteiger partial charge is 0.466 e. The number of hydrogen-bond acceptors (Lipinski definition) is 7. The number of nitrogens with one attached hydrogen (secondary N) is 1. The standard InChI is InChI=1S/C18H30N2O6S/c1-7-13(22)19-15(16(24)20(8-2)9-3)18(5,6)27-17(25)12(21)11-14(23)26-10-4/h15H,7-11H2,1-6H3,(H,19,22). The van der Waals surface area contributed by atoms with Crippen molar-refractivity contribution in [2.24, 2.45) is 0 Å². The van der Waals surface area contributed by atoms with E-state index in [2.05, 4.69) is 10.1 Å². The second-order valence-electron chi connectivity index (χ2n) is 6.26. The van der Waals surface area contributed by atoms with Crippen molar-refractivity contribution in [2.75, 3.05) is 19.7 Å². The van der Waals surface area contributed by atoms with Gasteiger partial charge in [0, 0.05) is 24.3 Å². The summed E-state index contributed by atoms with van der Waals surface area (Å²) in [6.07, 6.45) is -0.468. The number of carbonyl (C=O) groups excluding carboxylic acids is 5. The summed E-state index contributed by atoms with van der Waals surface area (Å²) in [5.41, 5.74) is 0. The molecule has 0 aromatic rings. The number of likely N-dealkylation sites (N-methyl/N-ethyl adjacent to an activating group) is 1. The van der Waals surface area contributed by atoms with Crippen molar-refractivity contribution in [1.82, 2.24) is 10.2 Å². The molecule has 0 heterocycles. The third-order valence-corrected chi connectivity index (χ3v) is 5.01. The molecule has 0 aromatic heterocycles. The Balaban J connectivity index is 5.40. The third-order valence-electron chi connectivity index (χ3n) is 3.84. The van der Waals surface area contributed by atoms with Crippen molar-refractivity contribution in [3.63, 3.8) is 0 Å². The highest BCUT2D eigenvalue weighted by atomic mass is 32.2. The Morgan fingerprint density at radius 3 is 2.04 bits per heavy atom. The summed E-state index contributed by atoms with van der Waals surface area (Å²) in [5, 5.41) is 1.80. The molecule has 0 fully saturated rings. The topological polar surface area (TPSA) is 110 Å². The van der Waals surface area contributed by atoms with Crippen LogP contribution in [0.3, 0.4) is 0 Å². The Morgan fingerprint density at radius 2 is 1.59 bits per heavy atom. The van der Waals surface area contributed by atoms with E-state index in [1.165, 1.54) is 0 Å². The second-order valence-corrected chi connectivity index (χ2v) is 7.89. The van der Waals surface area contributed by atoms with E-state index >= 15 is 0 Å². The van der Waals surface area contributed by atoms with Crippen molar-refractivity contribution in [1.29, 1.82) is 0 Å². The van der Waals surface area contributed by atoms with Gasteiger partial charge in [-0.25, -0.2) is 0 Å². The van der Waals surface area contributed by atoms with Crippen LogP contribution in [-0.4, -0.2) is 64.1 Å². The molecule has 0 saturated carbocycles. The number of Topliss-reactive ketones (excluding diaryl/α,β-unsaturated/α-hetero) is 1. The van der Waals surface area contributed by atoms with Crippen LogP contribution >= 0.6 is 11.8 Å². The first-order valence-corrected chi connectivity index (χ1v) is 9.85. The highest BCUT2D eigenvalue weighted by molar-refractivity contribution is 8.16. The SMILES string of the molecule is CCOC(=O)CC(=O)C(=O)SC(C)(C)C(NC(=O)CC)C(=O)N(CC)CC. The van der Waals surface area contributed by atoms with Crippen LogP contribution in [0.5, 0.6) is 0 Å². The maximum absolute atomic E-state index is 12.8. The summed E-state index contributed by atoms with van der Waals surface area (Å²) in [6.45, 7) is 11.1. The predicted octanol–water partition coefficient (Wildman–Crippen LogP) is 1.31. The molecule has 154 valence electrons. The van der Waals surface area contributed by atoms with Gasteiger partial charge in [0.1, 0.15) is 12.5 Å². The van der Waals surface area contributed by atoms with Gasteiger partial charge in [-0.3, -0.25) is 24.0 Å². The molecule has 1 unspecified atom stereocenters. The van der Waals surface area contributed by atoms with Crippen molar-refractivity contribution >= 4 is 40.4 Å². The van der Waals surface area contributed by atoms with Crippen LogP contribution in [0.1, 0.15) is 54.4 Å². The van der Waals surface area contributed by atoms with Gasteiger partial charge in [-0.1, -0.05) is 18.7 Å². The lowest BCUT2D eigenvalue weighted by Gasteiger charge is -2.35. The molecular formula is C18H30N2O6S. The van der Waals surface area contributed by atoms with E-state index in [0.29, 0.717) is 24.9 Å². The normalized spacial score (nSPS) is 12.1. The molecule has 2 amide bonds. The number of rotatable bonds is 11. The van der Waals surface area contributed by atoms with Crippen molar-refractivity contribution in [3.8, 4) is 0 Å². The first-order chi connectivity index (χ1) is 12.5.